The summed E-state index contributed by atoms with van der Waals surface area (Å²) >= 11 is 0. The zero-order valence-electron chi connectivity index (χ0n) is 10.9. The number of rotatable bonds is 1. The molecule has 0 aliphatic carbocycles. The summed E-state index contributed by atoms with van der Waals surface area (Å²) in [6.45, 7) is 1.63. The van der Waals surface area contributed by atoms with Crippen molar-refractivity contribution >= 4 is 23.3 Å². The predicted octanol–water partition coefficient (Wildman–Crippen LogP) is 2.05. The van der Waals surface area contributed by atoms with Gasteiger partial charge in [0, 0.05) is 0 Å². The second-order valence-electron chi connectivity index (χ2n) is 4.67. The zero-order chi connectivity index (χ0) is 15.3. The maximum absolute atomic E-state index is 13.2. The largest absolute Gasteiger partial charge is 0.397 e. The summed E-state index contributed by atoms with van der Waals surface area (Å²) in [4.78, 5) is 29.3. The minimum absolute atomic E-state index is 0.0937. The normalized spacial score (nSPS) is 13.8. The number of fused-ring (bicyclic) bond motifs is 1. The monoisotopic (exact) mass is 289 g/mol. The molecular formula is C14H9F2N3O2. The molecule has 2 amide bonds. The number of nitrogens with two attached hydrogens (primary N) is 1. The van der Waals surface area contributed by atoms with Gasteiger partial charge in [0.1, 0.15) is 5.82 Å². The Morgan fingerprint density at radius 2 is 1.57 bits per heavy atom. The van der Waals surface area contributed by atoms with Crippen molar-refractivity contribution in [3.63, 3.8) is 0 Å². The van der Waals surface area contributed by atoms with Crippen LogP contribution < -0.4 is 10.6 Å². The van der Waals surface area contributed by atoms with Gasteiger partial charge in [0.15, 0.2) is 11.6 Å². The molecule has 2 aromatic rings. The number of carbonyl (C=O) groups excluding carboxylic acids is 2. The number of hydrogen-bond donors (Lipinski definition) is 1. The highest BCUT2D eigenvalue weighted by Gasteiger charge is 2.39. The molecule has 3 rings (SSSR count). The number of imide groups is 1. The van der Waals surface area contributed by atoms with Crippen LogP contribution in [0.3, 0.4) is 0 Å². The molecule has 1 aromatic carbocycles. The Hall–Kier alpha value is -2.83. The van der Waals surface area contributed by atoms with Crippen LogP contribution in [0.5, 0.6) is 0 Å². The fourth-order valence-corrected chi connectivity index (χ4v) is 2.25. The van der Waals surface area contributed by atoms with Gasteiger partial charge in [0.2, 0.25) is 0 Å². The second kappa shape index (κ2) is 4.34. The van der Waals surface area contributed by atoms with E-state index in [0.717, 1.165) is 17.0 Å². The van der Waals surface area contributed by atoms with E-state index in [1.165, 1.54) is 6.20 Å². The van der Waals surface area contributed by atoms with Crippen molar-refractivity contribution in [2.45, 2.75) is 6.92 Å². The number of hydrogen-bond acceptors (Lipinski definition) is 4. The van der Waals surface area contributed by atoms with Crippen LogP contribution in [0.1, 0.15) is 26.3 Å². The number of aryl methyl sites for hydroxylation is 1. The van der Waals surface area contributed by atoms with Crippen LogP contribution in [0, 0.1) is 18.6 Å². The summed E-state index contributed by atoms with van der Waals surface area (Å²) in [5.41, 5.74) is 6.09. The van der Waals surface area contributed by atoms with Gasteiger partial charge in [-0.1, -0.05) is 0 Å². The molecular weight excluding hydrogens is 280 g/mol. The summed E-state index contributed by atoms with van der Waals surface area (Å²) < 4.78 is 26.5. The lowest BCUT2D eigenvalue weighted by Gasteiger charge is -2.15. The first-order valence-electron chi connectivity index (χ1n) is 6.00. The van der Waals surface area contributed by atoms with Crippen LogP contribution in [0.4, 0.5) is 20.3 Å². The number of aromatic nitrogens is 1. The molecule has 2 heterocycles. The average Bonchev–Trinajstić information content (AvgIpc) is 2.64. The van der Waals surface area contributed by atoms with Gasteiger partial charge in [-0.15, -0.1) is 0 Å². The Balaban J connectivity index is 2.16. The summed E-state index contributed by atoms with van der Waals surface area (Å²) in [6.07, 6.45) is 1.30. The standard InChI is InChI=1S/C14H9F2N3O2/c1-6-2-7(17)5-18-12(6)19-13(20)8-3-10(15)11(16)4-9(8)14(19)21/h2-5H,17H2,1H3. The van der Waals surface area contributed by atoms with Gasteiger partial charge in [-0.25, -0.2) is 18.7 Å². The minimum atomic E-state index is -1.18. The number of halogens is 2. The van der Waals surface area contributed by atoms with Crippen LogP contribution in [-0.4, -0.2) is 16.8 Å². The van der Waals surface area contributed by atoms with Crippen LogP contribution in [0.2, 0.25) is 0 Å². The zero-order valence-corrected chi connectivity index (χ0v) is 10.9. The maximum atomic E-state index is 13.2. The smallest absolute Gasteiger partial charge is 0.267 e. The number of amides is 2. The van der Waals surface area contributed by atoms with Crippen molar-refractivity contribution in [2.75, 3.05) is 10.6 Å². The molecule has 21 heavy (non-hydrogen) atoms. The Morgan fingerprint density at radius 1 is 1.05 bits per heavy atom. The first kappa shape index (κ1) is 13.2. The first-order chi connectivity index (χ1) is 9.90. The SMILES string of the molecule is Cc1cc(N)cnc1N1C(=O)c2cc(F)c(F)cc2C1=O. The van der Waals surface area contributed by atoms with E-state index in [2.05, 4.69) is 4.98 Å². The van der Waals surface area contributed by atoms with Crippen molar-refractivity contribution in [1.29, 1.82) is 0 Å². The lowest BCUT2D eigenvalue weighted by atomic mass is 10.1. The third kappa shape index (κ3) is 1.85. The van der Waals surface area contributed by atoms with E-state index in [-0.39, 0.29) is 16.9 Å². The molecule has 0 bridgehead atoms. The molecule has 1 aromatic heterocycles. The lowest BCUT2D eigenvalue weighted by Crippen LogP contribution is -2.31. The van der Waals surface area contributed by atoms with E-state index in [1.807, 2.05) is 0 Å². The topological polar surface area (TPSA) is 76.3 Å². The average molecular weight is 289 g/mol. The molecule has 0 atom stereocenters. The van der Waals surface area contributed by atoms with Gasteiger partial charge < -0.3 is 5.73 Å². The van der Waals surface area contributed by atoms with E-state index in [0.29, 0.717) is 11.3 Å². The van der Waals surface area contributed by atoms with Crippen molar-refractivity contribution in [3.05, 3.63) is 52.7 Å². The maximum Gasteiger partial charge on any atom is 0.267 e. The first-order valence-corrected chi connectivity index (χ1v) is 6.00. The van der Waals surface area contributed by atoms with E-state index >= 15 is 0 Å². The van der Waals surface area contributed by atoms with E-state index in [4.69, 9.17) is 5.73 Å². The molecule has 0 fully saturated rings. The highest BCUT2D eigenvalue weighted by Crippen LogP contribution is 2.30. The molecule has 0 spiro atoms. The molecule has 1 aliphatic rings. The molecule has 1 aliphatic heterocycles. The van der Waals surface area contributed by atoms with Gasteiger partial charge in [-0.2, -0.15) is 0 Å². The molecule has 0 saturated heterocycles. The van der Waals surface area contributed by atoms with Gasteiger partial charge in [-0.3, -0.25) is 9.59 Å². The van der Waals surface area contributed by atoms with Crippen LogP contribution in [0.25, 0.3) is 0 Å². The highest BCUT2D eigenvalue weighted by atomic mass is 19.2. The summed E-state index contributed by atoms with van der Waals surface area (Å²) in [7, 11) is 0. The lowest BCUT2D eigenvalue weighted by molar-refractivity contribution is 0.0924. The molecule has 0 unspecified atom stereocenters. The number of anilines is 2. The third-order valence-electron chi connectivity index (χ3n) is 3.21. The quantitative estimate of drug-likeness (QED) is 0.815. The van der Waals surface area contributed by atoms with Gasteiger partial charge in [0.05, 0.1) is 23.0 Å². The van der Waals surface area contributed by atoms with E-state index < -0.39 is 23.4 Å². The Morgan fingerprint density at radius 3 is 2.05 bits per heavy atom. The number of nitrogen functional groups attached to an aromatic ring is 1. The van der Waals surface area contributed by atoms with Crippen molar-refractivity contribution < 1.29 is 18.4 Å². The molecule has 5 nitrogen and oxygen atoms in total. The minimum Gasteiger partial charge on any atom is -0.397 e. The Labute approximate surface area is 118 Å². The number of benzene rings is 1. The van der Waals surface area contributed by atoms with Crippen molar-refractivity contribution in [3.8, 4) is 0 Å². The molecule has 0 radical (unpaired) electrons. The second-order valence-corrected chi connectivity index (χ2v) is 4.67. The summed E-state index contributed by atoms with van der Waals surface area (Å²) in [5.74, 6) is -3.75. The van der Waals surface area contributed by atoms with Gasteiger partial charge >= 0.3 is 0 Å². The number of pyridine rings is 1. The van der Waals surface area contributed by atoms with Crippen molar-refractivity contribution in [1.82, 2.24) is 4.98 Å². The fraction of sp³-hybridized carbons (Fsp3) is 0.0714. The van der Waals surface area contributed by atoms with Gasteiger partial charge in [-0.05, 0) is 30.7 Å². The van der Waals surface area contributed by atoms with Crippen molar-refractivity contribution in [2.24, 2.45) is 0 Å². The van der Waals surface area contributed by atoms with Gasteiger partial charge in [0.25, 0.3) is 11.8 Å². The Kier molecular flexibility index (Phi) is 2.72. The molecule has 2 N–H and O–H groups in total. The number of carbonyl (C=O) groups is 2. The summed E-state index contributed by atoms with van der Waals surface area (Å²) in [5, 5.41) is 0. The van der Waals surface area contributed by atoms with Crippen LogP contribution >= 0.6 is 0 Å². The van der Waals surface area contributed by atoms with E-state index in [1.54, 1.807) is 13.0 Å². The Bertz CT molecular complexity index is 764. The molecule has 106 valence electrons. The highest BCUT2D eigenvalue weighted by molar-refractivity contribution is 6.34. The molecule has 7 heteroatoms. The van der Waals surface area contributed by atoms with Crippen LogP contribution in [0.15, 0.2) is 24.4 Å². The fourth-order valence-electron chi connectivity index (χ4n) is 2.25. The predicted molar refractivity (Wildman–Crippen MR) is 70.9 cm³/mol. The summed E-state index contributed by atoms with van der Waals surface area (Å²) in [6, 6.07) is 2.99. The van der Waals surface area contributed by atoms with E-state index in [9.17, 15) is 18.4 Å². The molecule has 0 saturated carbocycles. The number of nitrogens with zero attached hydrogens (tertiary/aromatic N) is 2. The van der Waals surface area contributed by atoms with Crippen LogP contribution in [-0.2, 0) is 0 Å². The third-order valence-corrected chi connectivity index (χ3v) is 3.21.